The zero-order chi connectivity index (χ0) is 18.8. The van der Waals surface area contributed by atoms with Gasteiger partial charge in [0.05, 0.1) is 0 Å². The predicted molar refractivity (Wildman–Crippen MR) is 111 cm³/mol. The quantitative estimate of drug-likeness (QED) is 0.510. The first-order valence-corrected chi connectivity index (χ1v) is 9.86. The molecule has 0 saturated heterocycles. The molecule has 0 aliphatic rings. The number of pyridine rings is 1. The third-order valence-electron chi connectivity index (χ3n) is 4.20. The standard InChI is InChI=1S/C20H14BrN3O2S/c21-15-7-6-13-8-10-24(19(26)16(13)12-15)17(14-4-2-1-3-5-14)18(25)23-20-22-9-11-27-20/h1-12,17H,(H,22,23,25). The highest BCUT2D eigenvalue weighted by Gasteiger charge is 2.24. The molecule has 0 saturated carbocycles. The Labute approximate surface area is 167 Å². The fourth-order valence-corrected chi connectivity index (χ4v) is 3.86. The minimum atomic E-state index is -0.800. The van der Waals surface area contributed by atoms with Gasteiger partial charge in [-0.15, -0.1) is 11.3 Å². The van der Waals surface area contributed by atoms with E-state index in [-0.39, 0.29) is 11.5 Å². The average molecular weight is 440 g/mol. The molecule has 4 aromatic rings. The molecular weight excluding hydrogens is 426 g/mol. The van der Waals surface area contributed by atoms with Gasteiger partial charge in [-0.05, 0) is 29.1 Å². The summed E-state index contributed by atoms with van der Waals surface area (Å²) < 4.78 is 2.28. The van der Waals surface area contributed by atoms with Crippen molar-refractivity contribution in [2.45, 2.75) is 6.04 Å². The lowest BCUT2D eigenvalue weighted by atomic mass is 10.0. The zero-order valence-electron chi connectivity index (χ0n) is 14.0. The van der Waals surface area contributed by atoms with Gasteiger partial charge in [0.1, 0.15) is 6.04 Å². The first kappa shape index (κ1) is 17.6. The molecule has 2 aromatic heterocycles. The number of anilines is 1. The molecule has 5 nitrogen and oxygen atoms in total. The Morgan fingerprint density at radius 3 is 2.70 bits per heavy atom. The van der Waals surface area contributed by atoms with Crippen LogP contribution in [0.1, 0.15) is 11.6 Å². The van der Waals surface area contributed by atoms with Gasteiger partial charge in [-0.3, -0.25) is 19.5 Å². The third-order valence-corrected chi connectivity index (χ3v) is 5.38. The predicted octanol–water partition coefficient (Wildman–Crippen LogP) is 4.45. The number of amides is 1. The van der Waals surface area contributed by atoms with Crippen LogP contribution in [-0.4, -0.2) is 15.5 Å². The van der Waals surface area contributed by atoms with E-state index < -0.39 is 6.04 Å². The van der Waals surface area contributed by atoms with Crippen LogP contribution in [0.15, 0.2) is 81.6 Å². The van der Waals surface area contributed by atoms with Crippen molar-refractivity contribution in [3.63, 3.8) is 0 Å². The molecule has 0 aliphatic heterocycles. The second kappa shape index (κ2) is 7.46. The van der Waals surface area contributed by atoms with E-state index in [1.165, 1.54) is 15.9 Å². The molecule has 1 atom stereocenters. The molecule has 2 heterocycles. The molecule has 0 aliphatic carbocycles. The number of aromatic nitrogens is 2. The van der Waals surface area contributed by atoms with E-state index in [4.69, 9.17) is 0 Å². The van der Waals surface area contributed by atoms with Gasteiger partial charge >= 0.3 is 0 Å². The number of hydrogen-bond donors (Lipinski definition) is 1. The highest BCUT2D eigenvalue weighted by atomic mass is 79.9. The van der Waals surface area contributed by atoms with Crippen LogP contribution < -0.4 is 10.9 Å². The van der Waals surface area contributed by atoms with Gasteiger partial charge < -0.3 is 0 Å². The van der Waals surface area contributed by atoms with Crippen LogP contribution in [0.2, 0.25) is 0 Å². The molecular formula is C20H14BrN3O2S. The molecule has 0 radical (unpaired) electrons. The first-order chi connectivity index (χ1) is 13.1. The number of carbonyl (C=O) groups excluding carboxylic acids is 1. The molecule has 1 N–H and O–H groups in total. The van der Waals surface area contributed by atoms with E-state index in [9.17, 15) is 9.59 Å². The van der Waals surface area contributed by atoms with E-state index in [0.29, 0.717) is 10.5 Å². The molecule has 2 aromatic carbocycles. The van der Waals surface area contributed by atoms with Crippen LogP contribution in [0.4, 0.5) is 5.13 Å². The summed E-state index contributed by atoms with van der Waals surface area (Å²) in [5, 5.41) is 6.46. The number of hydrogen-bond acceptors (Lipinski definition) is 4. The lowest BCUT2D eigenvalue weighted by molar-refractivity contribution is -0.118. The number of nitrogens with zero attached hydrogens (tertiary/aromatic N) is 2. The van der Waals surface area contributed by atoms with Gasteiger partial charge in [0.2, 0.25) is 0 Å². The summed E-state index contributed by atoms with van der Waals surface area (Å²) in [6, 6.07) is 15.8. The van der Waals surface area contributed by atoms with Crippen LogP contribution in [0.5, 0.6) is 0 Å². The average Bonchev–Trinajstić information content (AvgIpc) is 3.18. The lowest BCUT2D eigenvalue weighted by Crippen LogP contribution is -2.33. The minimum Gasteiger partial charge on any atom is -0.300 e. The van der Waals surface area contributed by atoms with Gasteiger partial charge in [0.25, 0.3) is 11.5 Å². The van der Waals surface area contributed by atoms with Crippen molar-refractivity contribution < 1.29 is 4.79 Å². The summed E-state index contributed by atoms with van der Waals surface area (Å²) in [4.78, 5) is 30.3. The number of fused-ring (bicyclic) bond motifs is 1. The topological polar surface area (TPSA) is 64.0 Å². The van der Waals surface area contributed by atoms with Gasteiger partial charge in [0.15, 0.2) is 5.13 Å². The Bertz CT molecular complexity index is 1160. The Morgan fingerprint density at radius 1 is 1.15 bits per heavy atom. The molecule has 27 heavy (non-hydrogen) atoms. The SMILES string of the molecule is O=C(Nc1nccs1)C(c1ccccc1)n1ccc2ccc(Br)cc2c1=O. The van der Waals surface area contributed by atoms with Crippen molar-refractivity contribution in [2.75, 3.05) is 5.32 Å². The summed E-state index contributed by atoms with van der Waals surface area (Å²) in [5.74, 6) is -0.312. The number of rotatable bonds is 4. The van der Waals surface area contributed by atoms with Crippen molar-refractivity contribution in [3.05, 3.63) is 92.8 Å². The van der Waals surface area contributed by atoms with Gasteiger partial charge in [-0.1, -0.05) is 52.3 Å². The van der Waals surface area contributed by atoms with E-state index in [0.717, 1.165) is 15.4 Å². The highest BCUT2D eigenvalue weighted by Crippen LogP contribution is 2.23. The zero-order valence-corrected chi connectivity index (χ0v) is 16.4. The maximum absolute atomic E-state index is 13.2. The minimum absolute atomic E-state index is 0.225. The normalized spacial score (nSPS) is 12.0. The van der Waals surface area contributed by atoms with Gasteiger partial charge in [-0.2, -0.15) is 0 Å². The molecule has 7 heteroatoms. The summed E-state index contributed by atoms with van der Waals surface area (Å²) in [5.41, 5.74) is 0.500. The fraction of sp³-hybridized carbons (Fsp3) is 0.0500. The highest BCUT2D eigenvalue weighted by molar-refractivity contribution is 9.10. The number of thiazole rings is 1. The lowest BCUT2D eigenvalue weighted by Gasteiger charge is -2.20. The van der Waals surface area contributed by atoms with Gasteiger partial charge in [0, 0.05) is 27.6 Å². The smallest absolute Gasteiger partial charge is 0.259 e. The molecule has 4 rings (SSSR count). The summed E-state index contributed by atoms with van der Waals surface area (Å²) in [6.45, 7) is 0. The Balaban J connectivity index is 1.86. The first-order valence-electron chi connectivity index (χ1n) is 8.19. The molecule has 134 valence electrons. The van der Waals surface area contributed by atoms with E-state index in [1.807, 2.05) is 48.5 Å². The number of benzene rings is 2. The maximum atomic E-state index is 13.2. The molecule has 0 spiro atoms. The fourth-order valence-electron chi connectivity index (χ4n) is 2.96. The summed E-state index contributed by atoms with van der Waals surface area (Å²) >= 11 is 4.74. The third kappa shape index (κ3) is 3.56. The number of halogens is 1. The second-order valence-electron chi connectivity index (χ2n) is 5.90. The summed E-state index contributed by atoms with van der Waals surface area (Å²) in [6.07, 6.45) is 3.29. The van der Waals surface area contributed by atoms with Crippen molar-refractivity contribution in [1.82, 2.24) is 9.55 Å². The monoisotopic (exact) mass is 439 g/mol. The maximum Gasteiger partial charge on any atom is 0.259 e. The van der Waals surface area contributed by atoms with Gasteiger partial charge in [-0.25, -0.2) is 4.98 Å². The van der Waals surface area contributed by atoms with Crippen LogP contribution in [0, 0.1) is 0 Å². The van der Waals surface area contributed by atoms with Crippen molar-refractivity contribution in [3.8, 4) is 0 Å². The Kier molecular flexibility index (Phi) is 4.87. The Morgan fingerprint density at radius 2 is 1.96 bits per heavy atom. The van der Waals surface area contributed by atoms with Crippen molar-refractivity contribution >= 4 is 49.1 Å². The van der Waals surface area contributed by atoms with Crippen LogP contribution in [0.3, 0.4) is 0 Å². The number of nitrogens with one attached hydrogen (secondary N) is 1. The van der Waals surface area contributed by atoms with E-state index >= 15 is 0 Å². The molecule has 1 amide bonds. The largest absolute Gasteiger partial charge is 0.300 e. The van der Waals surface area contributed by atoms with E-state index in [2.05, 4.69) is 26.2 Å². The van der Waals surface area contributed by atoms with Crippen molar-refractivity contribution in [2.24, 2.45) is 0 Å². The van der Waals surface area contributed by atoms with Crippen LogP contribution >= 0.6 is 27.3 Å². The number of carbonyl (C=O) groups is 1. The molecule has 1 unspecified atom stereocenters. The second-order valence-corrected chi connectivity index (χ2v) is 7.71. The van der Waals surface area contributed by atoms with E-state index in [1.54, 1.807) is 23.8 Å². The van der Waals surface area contributed by atoms with Crippen LogP contribution in [0.25, 0.3) is 10.8 Å². The molecule has 0 bridgehead atoms. The van der Waals surface area contributed by atoms with Crippen molar-refractivity contribution in [1.29, 1.82) is 0 Å². The van der Waals surface area contributed by atoms with Crippen LogP contribution in [-0.2, 0) is 4.79 Å². The Hall–Kier alpha value is -2.77. The molecule has 0 fully saturated rings. The summed E-state index contributed by atoms with van der Waals surface area (Å²) in [7, 11) is 0.